The molecule has 2 heterocycles. The van der Waals surface area contributed by atoms with Crippen LogP contribution < -0.4 is 0 Å². The first-order valence-electron chi connectivity index (χ1n) is 9.42. The average molecular weight is 330 g/mol. The van der Waals surface area contributed by atoms with Gasteiger partial charge in [-0.15, -0.1) is 0 Å². The summed E-state index contributed by atoms with van der Waals surface area (Å²) in [6.07, 6.45) is 7.74. The van der Waals surface area contributed by atoms with Gasteiger partial charge in [-0.3, -0.25) is 4.79 Å². The summed E-state index contributed by atoms with van der Waals surface area (Å²) in [5, 5.41) is 0. The molecule has 0 N–H and O–H groups in total. The Balaban J connectivity index is 1.48. The summed E-state index contributed by atoms with van der Waals surface area (Å²) in [5.41, 5.74) is 0.908. The molecule has 4 heteroatoms. The predicted molar refractivity (Wildman–Crippen MR) is 91.9 cm³/mol. The van der Waals surface area contributed by atoms with E-state index in [0.717, 1.165) is 37.3 Å². The first kappa shape index (κ1) is 16.1. The molecule has 1 spiro atoms. The van der Waals surface area contributed by atoms with Crippen molar-refractivity contribution < 1.29 is 9.18 Å². The van der Waals surface area contributed by atoms with Crippen molar-refractivity contribution in [3.8, 4) is 0 Å². The van der Waals surface area contributed by atoms with Crippen molar-refractivity contribution >= 4 is 5.91 Å². The Hall–Kier alpha value is -1.42. The molecule has 0 aromatic heterocycles. The fraction of sp³-hybridized carbons (Fsp3) is 0.650. The van der Waals surface area contributed by atoms with E-state index < -0.39 is 0 Å². The van der Waals surface area contributed by atoms with Crippen molar-refractivity contribution in [1.82, 2.24) is 9.80 Å². The molecule has 1 aromatic rings. The quantitative estimate of drug-likeness (QED) is 0.842. The normalized spacial score (nSPS) is 28.5. The van der Waals surface area contributed by atoms with Crippen LogP contribution in [-0.2, 0) is 11.3 Å². The number of halogens is 1. The van der Waals surface area contributed by atoms with E-state index in [1.54, 1.807) is 12.1 Å². The van der Waals surface area contributed by atoms with Gasteiger partial charge >= 0.3 is 0 Å². The topological polar surface area (TPSA) is 23.6 Å². The maximum Gasteiger partial charge on any atom is 0.223 e. The van der Waals surface area contributed by atoms with Crippen LogP contribution in [0, 0.1) is 11.7 Å². The molecule has 1 atom stereocenters. The van der Waals surface area contributed by atoms with Crippen LogP contribution in [0.5, 0.6) is 0 Å². The van der Waals surface area contributed by atoms with E-state index in [0.29, 0.717) is 13.0 Å². The van der Waals surface area contributed by atoms with Crippen LogP contribution in [0.15, 0.2) is 24.3 Å². The van der Waals surface area contributed by atoms with Gasteiger partial charge in [-0.25, -0.2) is 4.39 Å². The maximum atomic E-state index is 13.5. The van der Waals surface area contributed by atoms with E-state index in [9.17, 15) is 9.18 Å². The number of benzene rings is 1. The molecule has 3 nitrogen and oxygen atoms in total. The lowest BCUT2D eigenvalue weighted by Crippen LogP contribution is -2.46. The van der Waals surface area contributed by atoms with E-state index in [1.807, 2.05) is 6.07 Å². The molecular weight excluding hydrogens is 303 g/mol. The van der Waals surface area contributed by atoms with Crippen molar-refractivity contribution in [3.63, 3.8) is 0 Å². The molecule has 0 bridgehead atoms. The van der Waals surface area contributed by atoms with Crippen molar-refractivity contribution in [1.29, 1.82) is 0 Å². The van der Waals surface area contributed by atoms with E-state index in [2.05, 4.69) is 9.80 Å². The molecule has 2 saturated heterocycles. The highest BCUT2D eigenvalue weighted by molar-refractivity contribution is 5.79. The van der Waals surface area contributed by atoms with E-state index in [-0.39, 0.29) is 17.3 Å². The third-order valence-electron chi connectivity index (χ3n) is 6.13. The lowest BCUT2D eigenvalue weighted by molar-refractivity contribution is -0.132. The van der Waals surface area contributed by atoms with Crippen LogP contribution in [0.2, 0.25) is 0 Å². The van der Waals surface area contributed by atoms with Gasteiger partial charge in [0, 0.05) is 31.6 Å². The summed E-state index contributed by atoms with van der Waals surface area (Å²) in [6.45, 7) is 4.07. The molecule has 1 saturated carbocycles. The number of amides is 1. The Morgan fingerprint density at radius 2 is 2.04 bits per heavy atom. The van der Waals surface area contributed by atoms with Crippen LogP contribution in [0.1, 0.15) is 50.5 Å². The molecule has 1 aliphatic carbocycles. The van der Waals surface area contributed by atoms with Gasteiger partial charge in [-0.2, -0.15) is 0 Å². The Morgan fingerprint density at radius 3 is 2.83 bits per heavy atom. The second kappa shape index (κ2) is 6.47. The molecule has 0 unspecified atom stereocenters. The van der Waals surface area contributed by atoms with Crippen molar-refractivity contribution in [2.75, 3.05) is 19.6 Å². The van der Waals surface area contributed by atoms with Crippen LogP contribution in [-0.4, -0.2) is 40.9 Å². The molecule has 1 amide bonds. The summed E-state index contributed by atoms with van der Waals surface area (Å²) in [5.74, 6) is 0.951. The SMILES string of the molecule is O=C1CC[C@]2(CCCN(CC3CC3)CC2)N1Cc1cccc(F)c1. The summed E-state index contributed by atoms with van der Waals surface area (Å²) in [4.78, 5) is 17.2. The summed E-state index contributed by atoms with van der Waals surface area (Å²) in [7, 11) is 0. The zero-order valence-corrected chi connectivity index (χ0v) is 14.3. The number of nitrogens with zero attached hydrogens (tertiary/aromatic N) is 2. The highest BCUT2D eigenvalue weighted by atomic mass is 19.1. The summed E-state index contributed by atoms with van der Waals surface area (Å²) in [6, 6.07) is 6.70. The third-order valence-corrected chi connectivity index (χ3v) is 6.13. The summed E-state index contributed by atoms with van der Waals surface area (Å²) >= 11 is 0. The van der Waals surface area contributed by atoms with Gasteiger partial charge in [0.1, 0.15) is 5.82 Å². The predicted octanol–water partition coefficient (Wildman–Crippen LogP) is 3.58. The number of hydrogen-bond donors (Lipinski definition) is 0. The number of hydrogen-bond acceptors (Lipinski definition) is 2. The van der Waals surface area contributed by atoms with Gasteiger partial charge in [0.2, 0.25) is 5.91 Å². The fourth-order valence-electron chi connectivity index (χ4n) is 4.55. The minimum atomic E-state index is -0.218. The first-order chi connectivity index (χ1) is 11.6. The zero-order valence-electron chi connectivity index (χ0n) is 14.3. The molecule has 3 fully saturated rings. The van der Waals surface area contributed by atoms with Crippen molar-refractivity contribution in [3.05, 3.63) is 35.6 Å². The molecule has 0 radical (unpaired) electrons. The van der Waals surface area contributed by atoms with E-state index >= 15 is 0 Å². The fourth-order valence-corrected chi connectivity index (χ4v) is 4.55. The molecule has 2 aliphatic heterocycles. The lowest BCUT2D eigenvalue weighted by Gasteiger charge is -2.38. The minimum absolute atomic E-state index is 0.00169. The van der Waals surface area contributed by atoms with Crippen LogP contribution >= 0.6 is 0 Å². The summed E-state index contributed by atoms with van der Waals surface area (Å²) < 4.78 is 13.5. The monoisotopic (exact) mass is 330 g/mol. The number of likely N-dealkylation sites (tertiary alicyclic amines) is 2. The van der Waals surface area contributed by atoms with Crippen molar-refractivity contribution in [2.45, 2.75) is 57.0 Å². The van der Waals surface area contributed by atoms with Gasteiger partial charge in [0.15, 0.2) is 0 Å². The Bertz CT molecular complexity index is 615. The molecular formula is C20H27FN2O. The van der Waals surface area contributed by atoms with Gasteiger partial charge in [0.05, 0.1) is 0 Å². The van der Waals surface area contributed by atoms with Gasteiger partial charge in [0.25, 0.3) is 0 Å². The molecule has 130 valence electrons. The lowest BCUT2D eigenvalue weighted by atomic mass is 9.87. The smallest absolute Gasteiger partial charge is 0.223 e. The van der Waals surface area contributed by atoms with Crippen molar-refractivity contribution in [2.24, 2.45) is 5.92 Å². The Kier molecular flexibility index (Phi) is 4.33. The largest absolute Gasteiger partial charge is 0.333 e. The molecule has 4 rings (SSSR count). The molecule has 24 heavy (non-hydrogen) atoms. The van der Waals surface area contributed by atoms with Crippen LogP contribution in [0.25, 0.3) is 0 Å². The highest BCUT2D eigenvalue weighted by Gasteiger charge is 2.45. The first-order valence-corrected chi connectivity index (χ1v) is 9.42. The standard InChI is InChI=1S/C20H27FN2O/c21-18-4-1-3-17(13-18)15-23-19(24)7-9-20(23)8-2-11-22(12-10-20)14-16-5-6-16/h1,3-4,13,16H,2,5-12,14-15H2/t20-/m0/s1. The van der Waals surface area contributed by atoms with E-state index in [1.165, 1.54) is 38.4 Å². The zero-order chi connectivity index (χ0) is 16.6. The van der Waals surface area contributed by atoms with Gasteiger partial charge in [-0.05, 0) is 68.7 Å². The Morgan fingerprint density at radius 1 is 1.17 bits per heavy atom. The van der Waals surface area contributed by atoms with Crippen LogP contribution in [0.3, 0.4) is 0 Å². The molecule has 3 aliphatic rings. The minimum Gasteiger partial charge on any atom is -0.333 e. The highest BCUT2D eigenvalue weighted by Crippen LogP contribution is 2.41. The number of rotatable bonds is 4. The maximum absolute atomic E-state index is 13.5. The number of carbonyl (C=O) groups is 1. The average Bonchev–Trinajstić information content (AvgIpc) is 3.35. The third kappa shape index (κ3) is 3.34. The second-order valence-electron chi connectivity index (χ2n) is 7.93. The second-order valence-corrected chi connectivity index (χ2v) is 7.93. The van der Waals surface area contributed by atoms with Gasteiger partial charge < -0.3 is 9.80 Å². The Labute approximate surface area is 143 Å². The van der Waals surface area contributed by atoms with E-state index in [4.69, 9.17) is 0 Å². The van der Waals surface area contributed by atoms with Gasteiger partial charge in [-0.1, -0.05) is 12.1 Å². The molecule has 1 aromatic carbocycles. The van der Waals surface area contributed by atoms with Crippen LogP contribution in [0.4, 0.5) is 4.39 Å². The number of carbonyl (C=O) groups excluding carboxylic acids is 1.